The van der Waals surface area contributed by atoms with Crippen LogP contribution in [0.5, 0.6) is 0 Å². The average molecular weight is 297 g/mol. The minimum absolute atomic E-state index is 0.0140. The molecule has 0 aliphatic carbocycles. The summed E-state index contributed by atoms with van der Waals surface area (Å²) < 4.78 is 25.8. The van der Waals surface area contributed by atoms with E-state index in [2.05, 4.69) is 10.3 Å². The van der Waals surface area contributed by atoms with Crippen molar-refractivity contribution in [3.8, 4) is 0 Å². The number of hydrogen-bond acceptors (Lipinski definition) is 5. The molecule has 0 fully saturated rings. The fourth-order valence-electron chi connectivity index (χ4n) is 1.89. The third-order valence-electron chi connectivity index (χ3n) is 2.93. The largest absolute Gasteiger partial charge is 0.390 e. The molecule has 2 N–H and O–H groups in total. The molecule has 6 nitrogen and oxygen atoms in total. The summed E-state index contributed by atoms with van der Waals surface area (Å²) in [4.78, 5) is 4.28. The predicted molar refractivity (Wildman–Crippen MR) is 77.6 cm³/mol. The van der Waals surface area contributed by atoms with Crippen LogP contribution in [0.4, 0.5) is 5.69 Å². The number of benzene rings is 1. The summed E-state index contributed by atoms with van der Waals surface area (Å²) in [5.41, 5.74) is 0.429. The first-order valence-corrected chi connectivity index (χ1v) is 7.92. The molecule has 1 unspecified atom stereocenters. The number of β-amino-alcohol motifs (C(OH)–C–C–N with tert-alkyl or cyclic N) is 1. The molecule has 1 aromatic carbocycles. The van der Waals surface area contributed by atoms with Crippen LogP contribution in [0.15, 0.2) is 34.2 Å². The highest BCUT2D eigenvalue weighted by atomic mass is 32.2. The molecule has 110 valence electrons. The molecule has 1 heterocycles. The smallest absolute Gasteiger partial charge is 0.267 e. The van der Waals surface area contributed by atoms with Crippen LogP contribution in [0.25, 0.3) is 0 Å². The van der Waals surface area contributed by atoms with Crippen molar-refractivity contribution in [2.75, 3.05) is 13.1 Å². The van der Waals surface area contributed by atoms with E-state index in [0.717, 1.165) is 4.31 Å². The van der Waals surface area contributed by atoms with Gasteiger partial charge in [0.25, 0.3) is 10.0 Å². The molecule has 0 radical (unpaired) electrons. The van der Waals surface area contributed by atoms with Crippen LogP contribution in [0, 0.1) is 0 Å². The first kappa shape index (κ1) is 15.0. The molecule has 20 heavy (non-hydrogen) atoms. The zero-order chi connectivity index (χ0) is 14.8. The van der Waals surface area contributed by atoms with Gasteiger partial charge in [0.15, 0.2) is 0 Å². The van der Waals surface area contributed by atoms with E-state index in [1.165, 1.54) is 12.4 Å². The Bertz CT molecular complexity index is 599. The van der Waals surface area contributed by atoms with Gasteiger partial charge in [-0.3, -0.25) is 4.31 Å². The number of para-hydroxylation sites is 1. The fraction of sp³-hybridized carbons (Fsp3) is 0.462. The normalized spacial score (nSPS) is 18.1. The molecule has 0 aromatic heterocycles. The summed E-state index contributed by atoms with van der Waals surface area (Å²) in [5.74, 6) is 0. The average Bonchev–Trinajstić information content (AvgIpc) is 2.40. The number of hydrogen-bond donors (Lipinski definition) is 2. The molecule has 1 aliphatic rings. The van der Waals surface area contributed by atoms with Gasteiger partial charge in [0.2, 0.25) is 0 Å². The Kier molecular flexibility index (Phi) is 4.42. The van der Waals surface area contributed by atoms with Crippen molar-refractivity contribution < 1.29 is 13.5 Å². The summed E-state index contributed by atoms with van der Waals surface area (Å²) >= 11 is 0. The summed E-state index contributed by atoms with van der Waals surface area (Å²) in [5, 5.41) is 13.0. The SMILES string of the molecule is CC(C)NCC(O)CN1C=Nc2ccccc2S1(=O)=O. The maximum atomic E-state index is 12.4. The zero-order valence-corrected chi connectivity index (χ0v) is 12.3. The van der Waals surface area contributed by atoms with Gasteiger partial charge in [-0.1, -0.05) is 26.0 Å². The second-order valence-electron chi connectivity index (χ2n) is 5.00. The van der Waals surface area contributed by atoms with E-state index in [4.69, 9.17) is 0 Å². The Morgan fingerprint density at radius 1 is 1.35 bits per heavy atom. The van der Waals surface area contributed by atoms with Crippen molar-refractivity contribution >= 4 is 22.0 Å². The van der Waals surface area contributed by atoms with Crippen molar-refractivity contribution in [3.05, 3.63) is 24.3 Å². The quantitative estimate of drug-likeness (QED) is 0.838. The standard InChI is InChI=1S/C13H19N3O3S/c1-10(2)14-7-11(17)8-16-9-15-12-5-3-4-6-13(12)20(16,18)19/h3-6,9-11,14,17H,7-8H2,1-2H3. The molecule has 0 saturated heterocycles. The van der Waals surface area contributed by atoms with Crippen LogP contribution in [-0.4, -0.2) is 49.4 Å². The number of nitrogens with one attached hydrogen (secondary N) is 1. The highest BCUT2D eigenvalue weighted by molar-refractivity contribution is 7.89. The lowest BCUT2D eigenvalue weighted by molar-refractivity contribution is 0.156. The van der Waals surface area contributed by atoms with Crippen LogP contribution in [-0.2, 0) is 10.0 Å². The molecule has 0 bridgehead atoms. The van der Waals surface area contributed by atoms with Crippen LogP contribution < -0.4 is 5.32 Å². The Morgan fingerprint density at radius 3 is 2.75 bits per heavy atom. The molecular formula is C13H19N3O3S. The molecule has 7 heteroatoms. The predicted octanol–water partition coefficient (Wildman–Crippen LogP) is 0.710. The van der Waals surface area contributed by atoms with Crippen molar-refractivity contribution in [1.82, 2.24) is 9.62 Å². The van der Waals surface area contributed by atoms with Gasteiger partial charge < -0.3 is 10.4 Å². The number of sulfonamides is 1. The van der Waals surface area contributed by atoms with Gasteiger partial charge in [0.05, 0.1) is 18.3 Å². The van der Waals surface area contributed by atoms with E-state index in [1.807, 2.05) is 13.8 Å². The molecular weight excluding hydrogens is 278 g/mol. The van der Waals surface area contributed by atoms with E-state index >= 15 is 0 Å². The van der Waals surface area contributed by atoms with Crippen LogP contribution >= 0.6 is 0 Å². The molecule has 1 atom stereocenters. The minimum Gasteiger partial charge on any atom is -0.390 e. The van der Waals surface area contributed by atoms with E-state index in [9.17, 15) is 13.5 Å². The Balaban J connectivity index is 2.12. The lowest BCUT2D eigenvalue weighted by atomic mass is 10.3. The first-order chi connectivity index (χ1) is 9.41. The van der Waals surface area contributed by atoms with E-state index in [0.29, 0.717) is 12.2 Å². The van der Waals surface area contributed by atoms with E-state index in [1.54, 1.807) is 18.2 Å². The van der Waals surface area contributed by atoms with Gasteiger partial charge >= 0.3 is 0 Å². The lowest BCUT2D eigenvalue weighted by Crippen LogP contribution is -2.42. The van der Waals surface area contributed by atoms with Crippen LogP contribution in [0.2, 0.25) is 0 Å². The molecule has 2 rings (SSSR count). The molecule has 1 aliphatic heterocycles. The van der Waals surface area contributed by atoms with Gasteiger partial charge in [0.1, 0.15) is 11.2 Å². The van der Waals surface area contributed by atoms with Crippen LogP contribution in [0.3, 0.4) is 0 Å². The second-order valence-corrected chi connectivity index (χ2v) is 6.86. The van der Waals surface area contributed by atoms with Gasteiger partial charge in [-0.2, -0.15) is 0 Å². The fourth-order valence-corrected chi connectivity index (χ4v) is 3.31. The van der Waals surface area contributed by atoms with Gasteiger partial charge in [-0.25, -0.2) is 13.4 Å². The first-order valence-electron chi connectivity index (χ1n) is 6.48. The van der Waals surface area contributed by atoms with E-state index in [-0.39, 0.29) is 17.5 Å². The number of nitrogens with zero attached hydrogens (tertiary/aromatic N) is 2. The molecule has 0 saturated carbocycles. The lowest BCUT2D eigenvalue weighted by Gasteiger charge is -2.26. The highest BCUT2D eigenvalue weighted by Crippen LogP contribution is 2.29. The second kappa shape index (κ2) is 5.90. The molecule has 0 amide bonds. The summed E-state index contributed by atoms with van der Waals surface area (Å²) in [6.45, 7) is 4.24. The van der Waals surface area contributed by atoms with Gasteiger partial charge in [0, 0.05) is 12.6 Å². The minimum atomic E-state index is -3.62. The topological polar surface area (TPSA) is 82.0 Å². The van der Waals surface area contributed by atoms with Gasteiger partial charge in [-0.15, -0.1) is 0 Å². The third-order valence-corrected chi connectivity index (χ3v) is 4.69. The monoisotopic (exact) mass is 297 g/mol. The number of rotatable bonds is 5. The molecule has 0 spiro atoms. The van der Waals surface area contributed by atoms with Crippen molar-refractivity contribution in [2.24, 2.45) is 4.99 Å². The highest BCUT2D eigenvalue weighted by Gasteiger charge is 2.29. The number of aliphatic imine (C=N–C) groups is 1. The maximum Gasteiger partial charge on any atom is 0.267 e. The number of aliphatic hydroxyl groups excluding tert-OH is 1. The van der Waals surface area contributed by atoms with E-state index < -0.39 is 16.1 Å². The molecule has 1 aromatic rings. The van der Waals surface area contributed by atoms with Crippen molar-refractivity contribution in [1.29, 1.82) is 0 Å². The summed E-state index contributed by atoms with van der Waals surface area (Å²) in [6.07, 6.45) is 0.472. The number of fused-ring (bicyclic) bond motifs is 1. The Morgan fingerprint density at radius 2 is 2.05 bits per heavy atom. The Labute approximate surface area is 119 Å². The zero-order valence-electron chi connectivity index (χ0n) is 11.5. The summed E-state index contributed by atoms with van der Waals surface area (Å²) in [7, 11) is -3.62. The Hall–Kier alpha value is -1.44. The van der Waals surface area contributed by atoms with Gasteiger partial charge in [-0.05, 0) is 12.1 Å². The van der Waals surface area contributed by atoms with Crippen molar-refractivity contribution in [3.63, 3.8) is 0 Å². The van der Waals surface area contributed by atoms with Crippen molar-refractivity contribution in [2.45, 2.75) is 30.9 Å². The third kappa shape index (κ3) is 3.17. The number of aliphatic hydroxyl groups is 1. The maximum absolute atomic E-state index is 12.4. The van der Waals surface area contributed by atoms with Crippen LogP contribution in [0.1, 0.15) is 13.8 Å². The summed E-state index contributed by atoms with van der Waals surface area (Å²) in [6, 6.07) is 6.80.